The Labute approximate surface area is 146 Å². The first-order valence-electron chi connectivity index (χ1n) is 8.66. The first-order chi connectivity index (χ1) is 11.3. The number of benzene rings is 2. The predicted octanol–water partition coefficient (Wildman–Crippen LogP) is 5.64. The minimum atomic E-state index is -1.78. The van der Waals surface area contributed by atoms with Gasteiger partial charge in [0.1, 0.15) is 5.75 Å². The fourth-order valence-corrected chi connectivity index (χ4v) is 3.83. The maximum Gasteiger partial charge on any atom is 0.250 e. The Morgan fingerprint density at radius 3 is 2.33 bits per heavy atom. The summed E-state index contributed by atoms with van der Waals surface area (Å²) in [6.45, 7) is 12.2. The summed E-state index contributed by atoms with van der Waals surface area (Å²) in [5.41, 5.74) is 3.91. The van der Waals surface area contributed by atoms with Gasteiger partial charge in [-0.2, -0.15) is 0 Å². The Morgan fingerprint density at radius 2 is 1.67 bits per heavy atom. The lowest BCUT2D eigenvalue weighted by atomic mass is 9.87. The maximum absolute atomic E-state index is 6.39. The van der Waals surface area contributed by atoms with E-state index >= 15 is 0 Å². The van der Waals surface area contributed by atoms with Crippen LogP contribution in [-0.4, -0.2) is 21.1 Å². The Hall–Kier alpha value is -1.87. The third-order valence-corrected chi connectivity index (χ3v) is 9.71. The summed E-state index contributed by atoms with van der Waals surface area (Å²) in [5.74, 6) is 1.33. The lowest BCUT2D eigenvalue weighted by molar-refractivity contribution is 0.492. The van der Waals surface area contributed by atoms with Gasteiger partial charge in [0.25, 0.3) is 0 Å². The lowest BCUT2D eigenvalue weighted by Crippen LogP contribution is -2.43. The van der Waals surface area contributed by atoms with Crippen molar-refractivity contribution in [2.75, 3.05) is 6.54 Å². The summed E-state index contributed by atoms with van der Waals surface area (Å²) < 4.78 is 6.39. The van der Waals surface area contributed by atoms with Gasteiger partial charge in [-0.05, 0) is 47.0 Å². The number of aliphatic imine (C=N–C) groups is 1. The molecule has 1 heterocycles. The molecule has 0 radical (unpaired) electrons. The first-order valence-corrected chi connectivity index (χ1v) is 11.6. The van der Waals surface area contributed by atoms with Crippen molar-refractivity contribution < 1.29 is 4.43 Å². The molecular weight excluding hydrogens is 310 g/mol. The molecule has 2 nitrogen and oxygen atoms in total. The fraction of sp³-hybridized carbons (Fsp3) is 0.381. The molecule has 1 atom stereocenters. The van der Waals surface area contributed by atoms with Crippen LogP contribution in [0.3, 0.4) is 0 Å². The van der Waals surface area contributed by atoms with Gasteiger partial charge in [0.2, 0.25) is 8.32 Å². The predicted molar refractivity (Wildman–Crippen MR) is 105 cm³/mol. The van der Waals surface area contributed by atoms with Gasteiger partial charge in [-0.1, -0.05) is 57.2 Å². The Kier molecular flexibility index (Phi) is 4.39. The van der Waals surface area contributed by atoms with Gasteiger partial charge in [0.05, 0.1) is 0 Å². The summed E-state index contributed by atoms with van der Waals surface area (Å²) in [6, 6.07) is 17.2. The topological polar surface area (TPSA) is 21.6 Å². The zero-order valence-corrected chi connectivity index (χ0v) is 16.3. The highest BCUT2D eigenvalue weighted by molar-refractivity contribution is 6.74. The van der Waals surface area contributed by atoms with Gasteiger partial charge in [0.15, 0.2) is 0 Å². The van der Waals surface area contributed by atoms with Crippen molar-refractivity contribution in [1.29, 1.82) is 0 Å². The average molecular weight is 338 g/mol. The molecule has 0 saturated carbocycles. The van der Waals surface area contributed by atoms with E-state index in [4.69, 9.17) is 4.43 Å². The van der Waals surface area contributed by atoms with Crippen molar-refractivity contribution in [3.8, 4) is 5.75 Å². The van der Waals surface area contributed by atoms with Gasteiger partial charge < -0.3 is 4.43 Å². The Morgan fingerprint density at radius 1 is 1.00 bits per heavy atom. The van der Waals surface area contributed by atoms with Crippen molar-refractivity contribution in [1.82, 2.24) is 0 Å². The van der Waals surface area contributed by atoms with Crippen LogP contribution in [0, 0.1) is 0 Å². The van der Waals surface area contributed by atoms with E-state index < -0.39 is 8.32 Å². The van der Waals surface area contributed by atoms with Crippen LogP contribution in [-0.2, 0) is 0 Å². The normalized spacial score (nSPS) is 17.5. The summed E-state index contributed by atoms with van der Waals surface area (Å²) in [4.78, 5) is 4.54. The van der Waals surface area contributed by atoms with Crippen molar-refractivity contribution >= 4 is 14.5 Å². The quantitative estimate of drug-likeness (QED) is 0.665. The molecule has 0 spiro atoms. The van der Waals surface area contributed by atoms with E-state index in [9.17, 15) is 0 Å². The van der Waals surface area contributed by atoms with Gasteiger partial charge in [0, 0.05) is 18.7 Å². The van der Waals surface area contributed by atoms with E-state index in [1.807, 2.05) is 6.21 Å². The molecule has 0 aromatic heterocycles. The van der Waals surface area contributed by atoms with Crippen LogP contribution in [0.4, 0.5) is 0 Å². The summed E-state index contributed by atoms with van der Waals surface area (Å²) in [5, 5.41) is 0.211. The lowest BCUT2D eigenvalue weighted by Gasteiger charge is -2.36. The third kappa shape index (κ3) is 3.32. The highest BCUT2D eigenvalue weighted by atomic mass is 28.4. The molecule has 0 bridgehead atoms. The molecule has 0 fully saturated rings. The van der Waals surface area contributed by atoms with Crippen LogP contribution in [0.2, 0.25) is 18.1 Å². The average Bonchev–Trinajstić information content (AvgIpc) is 2.54. The molecule has 0 saturated heterocycles. The van der Waals surface area contributed by atoms with E-state index in [-0.39, 0.29) is 5.04 Å². The van der Waals surface area contributed by atoms with Crippen LogP contribution in [0.5, 0.6) is 5.75 Å². The van der Waals surface area contributed by atoms with Crippen molar-refractivity contribution in [2.24, 2.45) is 4.99 Å². The van der Waals surface area contributed by atoms with Gasteiger partial charge in [-0.15, -0.1) is 0 Å². The van der Waals surface area contributed by atoms with Crippen LogP contribution in [0.1, 0.15) is 43.4 Å². The minimum absolute atomic E-state index is 0.211. The second-order valence-electron chi connectivity index (χ2n) is 8.11. The van der Waals surface area contributed by atoms with E-state index in [2.05, 4.69) is 87.4 Å². The molecule has 0 aliphatic carbocycles. The van der Waals surface area contributed by atoms with Crippen molar-refractivity contribution in [2.45, 2.75) is 44.8 Å². The molecule has 0 amide bonds. The van der Waals surface area contributed by atoms with Crippen LogP contribution >= 0.6 is 0 Å². The largest absolute Gasteiger partial charge is 0.544 e. The van der Waals surface area contributed by atoms with E-state index in [0.717, 1.165) is 12.3 Å². The molecule has 24 heavy (non-hydrogen) atoms. The van der Waals surface area contributed by atoms with Gasteiger partial charge in [-0.3, -0.25) is 4.99 Å². The first kappa shape index (κ1) is 17.0. The number of rotatable bonds is 3. The SMILES string of the molecule is CC(C)(C)[Si](C)(C)Oc1ccc(C2CN=Cc3ccccc32)cc1. The van der Waals surface area contributed by atoms with E-state index in [0.29, 0.717) is 5.92 Å². The number of hydrogen-bond acceptors (Lipinski definition) is 2. The van der Waals surface area contributed by atoms with E-state index in [1.165, 1.54) is 16.7 Å². The monoisotopic (exact) mass is 337 g/mol. The smallest absolute Gasteiger partial charge is 0.250 e. The van der Waals surface area contributed by atoms with Crippen LogP contribution in [0.25, 0.3) is 0 Å². The Balaban J connectivity index is 1.82. The van der Waals surface area contributed by atoms with Crippen molar-refractivity contribution in [3.05, 3.63) is 65.2 Å². The van der Waals surface area contributed by atoms with Crippen LogP contribution < -0.4 is 4.43 Å². The molecule has 0 N–H and O–H groups in total. The number of fused-ring (bicyclic) bond motifs is 1. The highest BCUT2D eigenvalue weighted by Gasteiger charge is 2.38. The molecule has 126 valence electrons. The molecule has 1 aliphatic rings. The highest BCUT2D eigenvalue weighted by Crippen LogP contribution is 2.38. The van der Waals surface area contributed by atoms with Crippen LogP contribution in [0.15, 0.2) is 53.5 Å². The number of hydrogen-bond donors (Lipinski definition) is 0. The second-order valence-corrected chi connectivity index (χ2v) is 12.8. The third-order valence-electron chi connectivity index (χ3n) is 5.35. The number of nitrogens with zero attached hydrogens (tertiary/aromatic N) is 1. The maximum atomic E-state index is 6.39. The summed E-state index contributed by atoms with van der Waals surface area (Å²) in [7, 11) is -1.78. The van der Waals surface area contributed by atoms with Crippen molar-refractivity contribution in [3.63, 3.8) is 0 Å². The summed E-state index contributed by atoms with van der Waals surface area (Å²) >= 11 is 0. The molecule has 1 aliphatic heterocycles. The fourth-order valence-electron chi connectivity index (χ4n) is 2.80. The molecule has 2 aromatic rings. The summed E-state index contributed by atoms with van der Waals surface area (Å²) in [6.07, 6.45) is 1.99. The minimum Gasteiger partial charge on any atom is -0.544 e. The van der Waals surface area contributed by atoms with Gasteiger partial charge in [-0.25, -0.2) is 0 Å². The standard InChI is InChI=1S/C21H27NOSi/c1-21(2,3)24(4,5)23-18-12-10-16(11-13-18)20-15-22-14-17-8-6-7-9-19(17)20/h6-14,20H,15H2,1-5H3. The molecular formula is C21H27NOSi. The molecule has 2 aromatic carbocycles. The molecule has 3 heteroatoms. The zero-order valence-electron chi connectivity index (χ0n) is 15.3. The molecule has 1 unspecified atom stereocenters. The van der Waals surface area contributed by atoms with E-state index in [1.54, 1.807) is 0 Å². The zero-order chi connectivity index (χ0) is 17.4. The van der Waals surface area contributed by atoms with Gasteiger partial charge >= 0.3 is 0 Å². The molecule has 3 rings (SSSR count). The Bertz CT molecular complexity index is 741. The second kappa shape index (κ2) is 6.21.